The minimum Gasteiger partial charge on any atom is -0.481 e. The highest BCUT2D eigenvalue weighted by atomic mass is 32.2. The van der Waals surface area contributed by atoms with E-state index in [1.807, 2.05) is 11.6 Å². The van der Waals surface area contributed by atoms with Gasteiger partial charge in [-0.15, -0.1) is 0 Å². The summed E-state index contributed by atoms with van der Waals surface area (Å²) >= 11 is 1.50. The Labute approximate surface area is 176 Å². The van der Waals surface area contributed by atoms with Gasteiger partial charge in [-0.25, -0.2) is 4.79 Å². The number of carboxylic acid groups (broad SMARTS) is 2. The number of carbonyl (C=O) groups is 6. The van der Waals surface area contributed by atoms with Crippen molar-refractivity contribution in [3.63, 3.8) is 0 Å². The molecular weight excluding hydrogens is 422 g/mol. The van der Waals surface area contributed by atoms with Crippen molar-refractivity contribution < 1.29 is 39.0 Å². The summed E-state index contributed by atoms with van der Waals surface area (Å²) in [4.78, 5) is 69.0. The predicted octanol–water partition coefficient (Wildman–Crippen LogP) is -3.02. The molecule has 3 unspecified atom stereocenters. The number of hydrogen-bond acceptors (Lipinski definition) is 8. The minimum atomic E-state index is -1.65. The van der Waals surface area contributed by atoms with E-state index < -0.39 is 73.1 Å². The van der Waals surface area contributed by atoms with Crippen LogP contribution in [0.15, 0.2) is 0 Å². The first-order chi connectivity index (χ1) is 14.0. The third-order valence-electron chi connectivity index (χ3n) is 3.71. The lowest BCUT2D eigenvalue weighted by atomic mass is 10.1. The highest BCUT2D eigenvalue weighted by Crippen LogP contribution is 2.02. The van der Waals surface area contributed by atoms with Crippen molar-refractivity contribution in [1.29, 1.82) is 0 Å². The maximum absolute atomic E-state index is 12.3. The van der Waals surface area contributed by atoms with Gasteiger partial charge in [0.05, 0.1) is 19.0 Å². The fourth-order valence-corrected chi connectivity index (χ4v) is 2.62. The van der Waals surface area contributed by atoms with Crippen molar-refractivity contribution in [2.24, 2.45) is 11.5 Å². The van der Waals surface area contributed by atoms with Gasteiger partial charge in [-0.05, 0) is 24.9 Å². The minimum absolute atomic E-state index is 0.350. The lowest BCUT2D eigenvalue weighted by Crippen LogP contribution is -2.54. The molecule has 0 rings (SSSR count). The Balaban J connectivity index is 4.94. The number of primary amides is 1. The molecule has 0 aromatic carbocycles. The molecule has 0 saturated heterocycles. The highest BCUT2D eigenvalue weighted by Gasteiger charge is 2.28. The van der Waals surface area contributed by atoms with E-state index in [0.29, 0.717) is 12.2 Å². The quantitative estimate of drug-likeness (QED) is 0.134. The molecule has 0 saturated carbocycles. The fourth-order valence-electron chi connectivity index (χ4n) is 2.13. The molecular formula is C16H27N5O8S. The zero-order valence-corrected chi connectivity index (χ0v) is 17.2. The van der Waals surface area contributed by atoms with Crippen LogP contribution < -0.4 is 27.4 Å². The van der Waals surface area contributed by atoms with Crippen LogP contribution in [0.3, 0.4) is 0 Å². The van der Waals surface area contributed by atoms with Gasteiger partial charge in [0, 0.05) is 6.42 Å². The number of nitrogens with one attached hydrogen (secondary N) is 3. The van der Waals surface area contributed by atoms with Crippen LogP contribution in [0, 0.1) is 0 Å². The number of carbonyl (C=O) groups excluding carboxylic acids is 4. The summed E-state index contributed by atoms with van der Waals surface area (Å²) in [5, 5.41) is 24.4. The Kier molecular flexibility index (Phi) is 12.8. The van der Waals surface area contributed by atoms with Gasteiger partial charge in [0.2, 0.25) is 23.6 Å². The van der Waals surface area contributed by atoms with Crippen molar-refractivity contribution in [2.75, 3.05) is 18.6 Å². The molecule has 0 aliphatic carbocycles. The summed E-state index contributed by atoms with van der Waals surface area (Å²) in [7, 11) is 0. The van der Waals surface area contributed by atoms with Gasteiger partial charge in [0.25, 0.3) is 0 Å². The maximum atomic E-state index is 12.3. The molecule has 14 heteroatoms. The molecule has 9 N–H and O–H groups in total. The molecule has 0 aliphatic heterocycles. The molecule has 13 nitrogen and oxygen atoms in total. The van der Waals surface area contributed by atoms with E-state index in [0.717, 1.165) is 0 Å². The highest BCUT2D eigenvalue weighted by molar-refractivity contribution is 7.98. The molecule has 30 heavy (non-hydrogen) atoms. The first-order valence-electron chi connectivity index (χ1n) is 8.82. The molecule has 0 aromatic rings. The van der Waals surface area contributed by atoms with Gasteiger partial charge in [0.15, 0.2) is 0 Å². The fraction of sp³-hybridized carbons (Fsp3) is 0.625. The number of rotatable bonds is 15. The standard InChI is InChI=1S/C16H27N5O8S/c1-30-5-4-8(17)14(26)19-7-12(23)20-9(2-3-13(24)25)15(27)21-10(16(28)29)6-11(18)22/h8-10H,2-7,17H2,1H3,(H2,18,22)(H,19,26)(H,20,23)(H,21,27)(H,24,25)(H,28,29). The van der Waals surface area contributed by atoms with Crippen molar-refractivity contribution in [3.8, 4) is 0 Å². The zero-order chi connectivity index (χ0) is 23.3. The first kappa shape index (κ1) is 27.1. The molecule has 0 radical (unpaired) electrons. The number of aliphatic carboxylic acids is 2. The second-order valence-electron chi connectivity index (χ2n) is 6.23. The van der Waals surface area contributed by atoms with Crippen LogP contribution in [-0.4, -0.2) is 82.5 Å². The van der Waals surface area contributed by atoms with E-state index in [1.165, 1.54) is 11.8 Å². The van der Waals surface area contributed by atoms with E-state index in [1.54, 1.807) is 0 Å². The summed E-state index contributed by atoms with van der Waals surface area (Å²) < 4.78 is 0. The Hall–Kier alpha value is -2.87. The first-order valence-corrected chi connectivity index (χ1v) is 10.2. The number of hydrogen-bond donors (Lipinski definition) is 7. The van der Waals surface area contributed by atoms with Crippen LogP contribution in [0.25, 0.3) is 0 Å². The van der Waals surface area contributed by atoms with Gasteiger partial charge >= 0.3 is 11.9 Å². The van der Waals surface area contributed by atoms with Crippen LogP contribution in [0.5, 0.6) is 0 Å². The summed E-state index contributed by atoms with van der Waals surface area (Å²) in [6, 6.07) is -3.87. The molecule has 3 atom stereocenters. The summed E-state index contributed by atoms with van der Waals surface area (Å²) in [6.07, 6.45) is 0.701. The smallest absolute Gasteiger partial charge is 0.326 e. The Morgan fingerprint density at radius 2 is 1.60 bits per heavy atom. The van der Waals surface area contributed by atoms with E-state index in [2.05, 4.69) is 10.6 Å². The topological polar surface area (TPSA) is 231 Å². The molecule has 0 spiro atoms. The predicted molar refractivity (Wildman–Crippen MR) is 106 cm³/mol. The molecule has 0 aromatic heterocycles. The summed E-state index contributed by atoms with van der Waals surface area (Å²) in [5.41, 5.74) is 10.6. The Morgan fingerprint density at radius 3 is 2.10 bits per heavy atom. The summed E-state index contributed by atoms with van der Waals surface area (Å²) in [6.45, 7) is -0.522. The van der Waals surface area contributed by atoms with Crippen LogP contribution in [0.2, 0.25) is 0 Å². The van der Waals surface area contributed by atoms with Crippen LogP contribution in [-0.2, 0) is 28.8 Å². The van der Waals surface area contributed by atoms with Gasteiger partial charge in [-0.2, -0.15) is 11.8 Å². The second kappa shape index (κ2) is 14.2. The van der Waals surface area contributed by atoms with Gasteiger partial charge in [-0.1, -0.05) is 0 Å². The van der Waals surface area contributed by atoms with Crippen molar-refractivity contribution in [2.45, 2.75) is 43.8 Å². The van der Waals surface area contributed by atoms with E-state index in [-0.39, 0.29) is 6.42 Å². The van der Waals surface area contributed by atoms with Gasteiger partial charge < -0.3 is 37.6 Å². The number of thioether (sulfide) groups is 1. The average Bonchev–Trinajstić information content (AvgIpc) is 2.65. The number of nitrogens with two attached hydrogens (primary N) is 2. The molecule has 170 valence electrons. The number of amides is 4. The van der Waals surface area contributed by atoms with Crippen LogP contribution in [0.4, 0.5) is 0 Å². The lowest BCUT2D eigenvalue weighted by Gasteiger charge is -2.21. The van der Waals surface area contributed by atoms with E-state index >= 15 is 0 Å². The molecule has 0 heterocycles. The Bertz CT molecular complexity index is 660. The monoisotopic (exact) mass is 449 g/mol. The van der Waals surface area contributed by atoms with Crippen molar-refractivity contribution in [1.82, 2.24) is 16.0 Å². The third kappa shape index (κ3) is 11.9. The van der Waals surface area contributed by atoms with Gasteiger partial charge in [0.1, 0.15) is 12.1 Å². The van der Waals surface area contributed by atoms with Crippen LogP contribution >= 0.6 is 11.8 Å². The largest absolute Gasteiger partial charge is 0.481 e. The average molecular weight is 449 g/mol. The van der Waals surface area contributed by atoms with Gasteiger partial charge in [-0.3, -0.25) is 24.0 Å². The molecule has 0 fully saturated rings. The molecule has 0 bridgehead atoms. The second-order valence-corrected chi connectivity index (χ2v) is 7.21. The Morgan fingerprint density at radius 1 is 0.967 bits per heavy atom. The maximum Gasteiger partial charge on any atom is 0.326 e. The molecule has 0 aliphatic rings. The lowest BCUT2D eigenvalue weighted by molar-refractivity contribution is -0.144. The normalized spacial score (nSPS) is 13.4. The third-order valence-corrected chi connectivity index (χ3v) is 4.36. The van der Waals surface area contributed by atoms with Crippen molar-refractivity contribution in [3.05, 3.63) is 0 Å². The SMILES string of the molecule is CSCCC(N)C(=O)NCC(=O)NC(CCC(=O)O)C(=O)NC(CC(N)=O)C(=O)O. The van der Waals surface area contributed by atoms with E-state index in [9.17, 15) is 28.8 Å². The zero-order valence-electron chi connectivity index (χ0n) is 16.4. The van der Waals surface area contributed by atoms with E-state index in [4.69, 9.17) is 21.7 Å². The van der Waals surface area contributed by atoms with Crippen LogP contribution in [0.1, 0.15) is 25.7 Å². The number of carboxylic acids is 2. The van der Waals surface area contributed by atoms with Crippen molar-refractivity contribution >= 4 is 47.3 Å². The summed E-state index contributed by atoms with van der Waals surface area (Å²) in [5.74, 6) is -5.51. The molecule has 4 amide bonds.